The average molecular weight is 475 g/mol. The van der Waals surface area contributed by atoms with Gasteiger partial charge in [0.05, 0.1) is 18.3 Å². The van der Waals surface area contributed by atoms with Crippen LogP contribution in [0.3, 0.4) is 0 Å². The highest BCUT2D eigenvalue weighted by Crippen LogP contribution is 2.44. The Morgan fingerprint density at radius 1 is 1.12 bits per heavy atom. The Morgan fingerprint density at radius 2 is 1.85 bits per heavy atom. The SMILES string of the molecule is C=C(OC)C(C)(CC)CC(C)(CCOCCC)C(=O)OCOc1ccc2c(C)cc(=O)oc2c1. The van der Waals surface area contributed by atoms with E-state index in [1.54, 1.807) is 19.2 Å². The van der Waals surface area contributed by atoms with Gasteiger partial charge in [-0.3, -0.25) is 4.79 Å². The number of fused-ring (bicyclic) bond motifs is 1. The van der Waals surface area contributed by atoms with Crippen molar-refractivity contribution in [2.75, 3.05) is 27.1 Å². The first kappa shape index (κ1) is 27.4. The van der Waals surface area contributed by atoms with Crippen molar-refractivity contribution in [3.05, 3.63) is 52.6 Å². The number of hydrogen-bond acceptors (Lipinski definition) is 7. The molecule has 0 bridgehead atoms. The second kappa shape index (κ2) is 12.1. The molecule has 1 heterocycles. The monoisotopic (exact) mass is 474 g/mol. The molecule has 2 atom stereocenters. The van der Waals surface area contributed by atoms with E-state index >= 15 is 0 Å². The largest absolute Gasteiger partial charge is 0.501 e. The number of benzene rings is 1. The predicted octanol–water partition coefficient (Wildman–Crippen LogP) is 5.77. The first-order chi connectivity index (χ1) is 16.1. The molecule has 1 aromatic carbocycles. The number of ether oxygens (including phenoxy) is 4. The van der Waals surface area contributed by atoms with Gasteiger partial charge in [0.2, 0.25) is 6.79 Å². The molecule has 7 heteroatoms. The van der Waals surface area contributed by atoms with E-state index in [9.17, 15) is 9.59 Å². The Bertz CT molecular complexity index is 1040. The fourth-order valence-electron chi connectivity index (χ4n) is 4.06. The van der Waals surface area contributed by atoms with Crippen LogP contribution in [0.25, 0.3) is 11.0 Å². The van der Waals surface area contributed by atoms with Crippen LogP contribution in [0.2, 0.25) is 0 Å². The number of hydrogen-bond donors (Lipinski definition) is 0. The number of carbonyl (C=O) groups excluding carboxylic acids is 1. The van der Waals surface area contributed by atoms with E-state index in [2.05, 4.69) is 6.58 Å². The minimum atomic E-state index is -0.823. The van der Waals surface area contributed by atoms with Crippen LogP contribution in [0.4, 0.5) is 0 Å². The molecule has 0 saturated heterocycles. The zero-order valence-corrected chi connectivity index (χ0v) is 21.3. The molecule has 0 radical (unpaired) electrons. The van der Waals surface area contributed by atoms with Gasteiger partial charge < -0.3 is 23.4 Å². The summed E-state index contributed by atoms with van der Waals surface area (Å²) >= 11 is 0. The third kappa shape index (κ3) is 6.86. The van der Waals surface area contributed by atoms with Gasteiger partial charge >= 0.3 is 11.6 Å². The van der Waals surface area contributed by atoms with Crippen LogP contribution in [0.15, 0.2) is 45.8 Å². The van der Waals surface area contributed by atoms with E-state index in [0.29, 0.717) is 43.1 Å². The van der Waals surface area contributed by atoms with Crippen molar-refractivity contribution >= 4 is 16.9 Å². The highest BCUT2D eigenvalue weighted by Gasteiger charge is 2.43. The highest BCUT2D eigenvalue weighted by atomic mass is 16.7. The van der Waals surface area contributed by atoms with E-state index in [4.69, 9.17) is 23.4 Å². The first-order valence-electron chi connectivity index (χ1n) is 11.7. The van der Waals surface area contributed by atoms with Crippen molar-refractivity contribution in [1.82, 2.24) is 0 Å². The van der Waals surface area contributed by atoms with Crippen molar-refractivity contribution in [2.45, 2.75) is 60.3 Å². The molecule has 0 saturated carbocycles. The summed E-state index contributed by atoms with van der Waals surface area (Å²) in [6.07, 6.45) is 2.67. The van der Waals surface area contributed by atoms with Gasteiger partial charge in [-0.15, -0.1) is 0 Å². The number of methoxy groups -OCH3 is 1. The molecule has 7 nitrogen and oxygen atoms in total. The van der Waals surface area contributed by atoms with Gasteiger partial charge in [0.15, 0.2) is 0 Å². The topological polar surface area (TPSA) is 84.2 Å². The van der Waals surface area contributed by atoms with E-state index in [1.807, 2.05) is 40.7 Å². The zero-order valence-electron chi connectivity index (χ0n) is 21.3. The average Bonchev–Trinajstić information content (AvgIpc) is 2.80. The molecule has 0 N–H and O–H groups in total. The summed E-state index contributed by atoms with van der Waals surface area (Å²) in [7, 11) is 1.59. The fraction of sp³-hybridized carbons (Fsp3) is 0.556. The smallest absolute Gasteiger partial charge is 0.336 e. The lowest BCUT2D eigenvalue weighted by Gasteiger charge is -2.38. The Morgan fingerprint density at radius 3 is 2.50 bits per heavy atom. The molecule has 34 heavy (non-hydrogen) atoms. The van der Waals surface area contributed by atoms with Crippen LogP contribution in [0.1, 0.15) is 58.9 Å². The molecular formula is C27H38O7. The zero-order chi connectivity index (χ0) is 25.4. The maximum absolute atomic E-state index is 13.2. The van der Waals surface area contributed by atoms with Crippen molar-refractivity contribution in [3.63, 3.8) is 0 Å². The van der Waals surface area contributed by atoms with Gasteiger partial charge in [0.25, 0.3) is 0 Å². The van der Waals surface area contributed by atoms with Gasteiger partial charge in [-0.25, -0.2) is 4.79 Å². The quantitative estimate of drug-likeness (QED) is 0.113. The predicted molar refractivity (Wildman–Crippen MR) is 132 cm³/mol. The van der Waals surface area contributed by atoms with Gasteiger partial charge in [-0.2, -0.15) is 0 Å². The molecule has 0 aliphatic rings. The van der Waals surface area contributed by atoms with Crippen molar-refractivity contribution in [1.29, 1.82) is 0 Å². The molecule has 188 valence electrons. The number of rotatable bonds is 14. The van der Waals surface area contributed by atoms with Gasteiger partial charge in [0.1, 0.15) is 11.3 Å². The minimum Gasteiger partial charge on any atom is -0.501 e. The normalized spacial score (nSPS) is 14.8. The Hall–Kier alpha value is -2.80. The summed E-state index contributed by atoms with van der Waals surface area (Å²) in [5.41, 5.74) is -0.407. The second-order valence-electron chi connectivity index (χ2n) is 9.24. The Kier molecular flexibility index (Phi) is 9.74. The van der Waals surface area contributed by atoms with E-state index < -0.39 is 16.5 Å². The van der Waals surface area contributed by atoms with Crippen LogP contribution in [-0.4, -0.2) is 33.1 Å². The van der Waals surface area contributed by atoms with E-state index in [1.165, 1.54) is 6.07 Å². The van der Waals surface area contributed by atoms with E-state index in [0.717, 1.165) is 23.8 Å². The van der Waals surface area contributed by atoms with E-state index in [-0.39, 0.29) is 12.8 Å². The number of carbonyl (C=O) groups is 1. The molecule has 2 unspecified atom stereocenters. The molecule has 0 amide bonds. The van der Waals surface area contributed by atoms with Crippen LogP contribution < -0.4 is 10.4 Å². The highest BCUT2D eigenvalue weighted by molar-refractivity contribution is 5.81. The summed E-state index contributed by atoms with van der Waals surface area (Å²) in [5, 5.41) is 0.820. The summed E-state index contributed by atoms with van der Waals surface area (Å²) in [4.78, 5) is 24.9. The minimum absolute atomic E-state index is 0.264. The van der Waals surface area contributed by atoms with Gasteiger partial charge in [-0.1, -0.05) is 27.4 Å². The maximum Gasteiger partial charge on any atom is 0.336 e. The first-order valence-corrected chi connectivity index (χ1v) is 11.7. The molecule has 1 aromatic heterocycles. The summed E-state index contributed by atoms with van der Waals surface area (Å²) in [5.74, 6) is 0.695. The fourth-order valence-corrected chi connectivity index (χ4v) is 4.06. The molecule has 2 rings (SSSR count). The third-order valence-corrected chi connectivity index (χ3v) is 6.46. The number of aryl methyl sites for hydroxylation is 1. The summed E-state index contributed by atoms with van der Waals surface area (Å²) < 4.78 is 27.6. The lowest BCUT2D eigenvalue weighted by atomic mass is 9.69. The van der Waals surface area contributed by atoms with Crippen LogP contribution in [0.5, 0.6) is 5.75 Å². The molecule has 0 aliphatic heterocycles. The molecular weight excluding hydrogens is 436 g/mol. The Labute approximate surface area is 202 Å². The lowest BCUT2D eigenvalue weighted by molar-refractivity contribution is -0.165. The molecule has 0 spiro atoms. The molecule has 2 aromatic rings. The van der Waals surface area contributed by atoms with Crippen LogP contribution >= 0.6 is 0 Å². The van der Waals surface area contributed by atoms with Crippen molar-refractivity contribution < 1.29 is 28.2 Å². The van der Waals surface area contributed by atoms with Crippen LogP contribution in [0, 0.1) is 17.8 Å². The summed E-state index contributed by atoms with van der Waals surface area (Å²) in [6, 6.07) is 6.62. The van der Waals surface area contributed by atoms with Gasteiger partial charge in [0, 0.05) is 36.1 Å². The third-order valence-electron chi connectivity index (χ3n) is 6.46. The number of esters is 1. The summed E-state index contributed by atoms with van der Waals surface area (Å²) in [6.45, 7) is 14.7. The van der Waals surface area contributed by atoms with Crippen LogP contribution in [-0.2, 0) is 19.0 Å². The maximum atomic E-state index is 13.2. The second-order valence-corrected chi connectivity index (χ2v) is 9.24. The molecule has 0 aliphatic carbocycles. The Balaban J connectivity index is 2.12. The molecule has 0 fully saturated rings. The van der Waals surface area contributed by atoms with Crippen molar-refractivity contribution in [2.24, 2.45) is 10.8 Å². The van der Waals surface area contributed by atoms with Crippen molar-refractivity contribution in [3.8, 4) is 5.75 Å². The number of allylic oxidation sites excluding steroid dienone is 1. The van der Waals surface area contributed by atoms with Gasteiger partial charge in [-0.05, 0) is 57.2 Å². The standard InChI is InChI=1S/C27H38O7/c1-8-13-31-14-12-27(6,17-26(5,9-2)20(4)30-7)25(29)33-18-32-21-10-11-22-19(3)15-24(28)34-23(22)16-21/h10-11,15-16H,4,8-9,12-14,17-18H2,1-3,5-7H3. The lowest BCUT2D eigenvalue weighted by Crippen LogP contribution is -2.38.